The molecule has 1 aliphatic rings. The Kier molecular flexibility index (Phi) is 6.49. The van der Waals surface area contributed by atoms with Gasteiger partial charge < -0.3 is 25.8 Å². The number of carbonyl (C=O) groups is 2. The number of amides is 2. The normalized spacial score (nSPS) is 14.4. The second-order valence-corrected chi connectivity index (χ2v) is 7.00. The lowest BCUT2D eigenvalue weighted by atomic mass is 10.2. The van der Waals surface area contributed by atoms with Crippen LogP contribution in [0.1, 0.15) is 6.92 Å². The molecule has 1 heterocycles. The summed E-state index contributed by atoms with van der Waals surface area (Å²) in [7, 11) is 2.15. The molecule has 3 rings (SSSR count). The van der Waals surface area contributed by atoms with Gasteiger partial charge in [0.15, 0.2) is 0 Å². The van der Waals surface area contributed by atoms with Crippen LogP contribution in [0.3, 0.4) is 0 Å². The van der Waals surface area contributed by atoms with Crippen LogP contribution in [-0.2, 0) is 9.59 Å². The van der Waals surface area contributed by atoms with Gasteiger partial charge >= 0.3 is 0 Å². The summed E-state index contributed by atoms with van der Waals surface area (Å²) in [5, 5.41) is 8.67. The van der Waals surface area contributed by atoms with E-state index in [4.69, 9.17) is 0 Å². The Hall–Kier alpha value is -3.06. The number of nitrogens with one attached hydrogen (secondary N) is 3. The van der Waals surface area contributed by atoms with Crippen molar-refractivity contribution in [2.75, 3.05) is 60.6 Å². The van der Waals surface area contributed by atoms with E-state index in [0.717, 1.165) is 31.9 Å². The highest BCUT2D eigenvalue weighted by Gasteiger charge is 2.14. The molecule has 2 aromatic rings. The number of hydrogen-bond acceptors (Lipinski definition) is 5. The minimum atomic E-state index is -0.129. The average Bonchev–Trinajstić information content (AvgIpc) is 2.69. The highest BCUT2D eigenvalue weighted by atomic mass is 16.2. The smallest absolute Gasteiger partial charge is 0.243 e. The maximum atomic E-state index is 12.1. The van der Waals surface area contributed by atoms with Crippen molar-refractivity contribution < 1.29 is 9.59 Å². The maximum Gasteiger partial charge on any atom is 0.243 e. The Balaban J connectivity index is 1.46. The summed E-state index contributed by atoms with van der Waals surface area (Å²) in [6.45, 7) is 5.86. The molecule has 1 fully saturated rings. The van der Waals surface area contributed by atoms with E-state index in [0.29, 0.717) is 11.4 Å². The van der Waals surface area contributed by atoms with Crippen molar-refractivity contribution >= 4 is 34.6 Å². The summed E-state index contributed by atoms with van der Waals surface area (Å²) in [4.78, 5) is 27.9. The Labute approximate surface area is 165 Å². The fourth-order valence-corrected chi connectivity index (χ4v) is 3.08. The number of anilines is 4. The van der Waals surface area contributed by atoms with Crippen LogP contribution in [0.5, 0.6) is 0 Å². The molecule has 0 spiro atoms. The largest absolute Gasteiger partial charge is 0.376 e. The lowest BCUT2D eigenvalue weighted by molar-refractivity contribution is -0.115. The molecule has 0 bridgehead atoms. The lowest BCUT2D eigenvalue weighted by Gasteiger charge is -2.34. The highest BCUT2D eigenvalue weighted by Crippen LogP contribution is 2.19. The predicted molar refractivity (Wildman–Crippen MR) is 114 cm³/mol. The predicted octanol–water partition coefficient (Wildman–Crippen LogP) is 2.45. The molecule has 0 unspecified atom stereocenters. The molecule has 1 saturated heterocycles. The quantitative estimate of drug-likeness (QED) is 0.717. The summed E-state index contributed by atoms with van der Waals surface area (Å²) < 4.78 is 0. The fraction of sp³-hybridized carbons (Fsp3) is 0.333. The van der Waals surface area contributed by atoms with Crippen LogP contribution in [-0.4, -0.2) is 56.5 Å². The molecule has 0 atom stereocenters. The van der Waals surface area contributed by atoms with E-state index in [1.165, 1.54) is 12.6 Å². The molecular weight excluding hydrogens is 354 g/mol. The molecule has 2 amide bonds. The maximum absolute atomic E-state index is 12.1. The summed E-state index contributed by atoms with van der Waals surface area (Å²) >= 11 is 0. The first-order valence-electron chi connectivity index (χ1n) is 9.44. The fourth-order valence-electron chi connectivity index (χ4n) is 3.08. The molecule has 1 aliphatic heterocycles. The zero-order valence-electron chi connectivity index (χ0n) is 16.4. The zero-order valence-corrected chi connectivity index (χ0v) is 16.4. The van der Waals surface area contributed by atoms with Gasteiger partial charge in [-0.25, -0.2) is 0 Å². The standard InChI is InChI=1S/C21H27N5O2/c1-16(27)23-18-3-5-19(6-4-18)24-21(28)15-22-17-7-9-20(10-8-17)26-13-11-25(2)12-14-26/h3-10,22H,11-15H2,1-2H3,(H,23,27)(H,24,28). The summed E-state index contributed by atoms with van der Waals surface area (Å²) in [5.41, 5.74) is 3.51. The molecule has 0 aliphatic carbocycles. The number of benzene rings is 2. The van der Waals surface area contributed by atoms with Crippen LogP contribution in [0.25, 0.3) is 0 Å². The second kappa shape index (κ2) is 9.23. The van der Waals surface area contributed by atoms with Gasteiger partial charge in [-0.3, -0.25) is 9.59 Å². The number of nitrogens with zero attached hydrogens (tertiary/aromatic N) is 2. The minimum Gasteiger partial charge on any atom is -0.376 e. The minimum absolute atomic E-state index is 0.125. The van der Waals surface area contributed by atoms with Crippen LogP contribution in [0.15, 0.2) is 48.5 Å². The summed E-state index contributed by atoms with van der Waals surface area (Å²) in [6.07, 6.45) is 0. The topological polar surface area (TPSA) is 76.7 Å². The van der Waals surface area contributed by atoms with Crippen molar-refractivity contribution in [1.82, 2.24) is 4.90 Å². The molecule has 2 aromatic carbocycles. The van der Waals surface area contributed by atoms with E-state index in [9.17, 15) is 9.59 Å². The average molecular weight is 381 g/mol. The van der Waals surface area contributed by atoms with Crippen LogP contribution >= 0.6 is 0 Å². The van der Waals surface area contributed by atoms with Crippen LogP contribution in [0, 0.1) is 0 Å². The molecule has 28 heavy (non-hydrogen) atoms. The highest BCUT2D eigenvalue weighted by molar-refractivity contribution is 5.94. The SMILES string of the molecule is CC(=O)Nc1ccc(NC(=O)CNc2ccc(N3CCN(C)CC3)cc2)cc1. The van der Waals surface area contributed by atoms with Gasteiger partial charge in [-0.05, 0) is 55.6 Å². The Bertz CT molecular complexity index is 797. The van der Waals surface area contributed by atoms with Crippen molar-refractivity contribution in [2.45, 2.75) is 6.92 Å². The molecule has 0 radical (unpaired) electrons. The third-order valence-corrected chi connectivity index (χ3v) is 4.68. The monoisotopic (exact) mass is 381 g/mol. The number of hydrogen-bond donors (Lipinski definition) is 3. The first-order chi connectivity index (χ1) is 13.5. The third-order valence-electron chi connectivity index (χ3n) is 4.68. The molecule has 0 saturated carbocycles. The summed E-state index contributed by atoms with van der Waals surface area (Å²) in [6, 6.07) is 15.2. The molecule has 148 valence electrons. The van der Waals surface area contributed by atoms with E-state index in [-0.39, 0.29) is 18.4 Å². The lowest BCUT2D eigenvalue weighted by Crippen LogP contribution is -2.44. The van der Waals surface area contributed by atoms with Gasteiger partial charge in [0, 0.05) is 55.9 Å². The van der Waals surface area contributed by atoms with Gasteiger partial charge in [0.25, 0.3) is 0 Å². The van der Waals surface area contributed by atoms with Gasteiger partial charge in [0.2, 0.25) is 11.8 Å². The second-order valence-electron chi connectivity index (χ2n) is 7.00. The van der Waals surface area contributed by atoms with Crippen molar-refractivity contribution in [3.8, 4) is 0 Å². The Morgan fingerprint density at radius 2 is 1.36 bits per heavy atom. The third kappa shape index (κ3) is 5.72. The molecule has 7 nitrogen and oxygen atoms in total. The van der Waals surface area contributed by atoms with Gasteiger partial charge in [0.05, 0.1) is 6.54 Å². The van der Waals surface area contributed by atoms with Crippen LogP contribution < -0.4 is 20.9 Å². The molecule has 7 heteroatoms. The molecular formula is C21H27N5O2. The number of piperazine rings is 1. The first-order valence-corrected chi connectivity index (χ1v) is 9.44. The van der Waals surface area contributed by atoms with E-state index in [1.807, 2.05) is 12.1 Å². The van der Waals surface area contributed by atoms with Crippen LogP contribution in [0.2, 0.25) is 0 Å². The van der Waals surface area contributed by atoms with Crippen molar-refractivity contribution in [3.05, 3.63) is 48.5 Å². The van der Waals surface area contributed by atoms with Crippen molar-refractivity contribution in [3.63, 3.8) is 0 Å². The van der Waals surface area contributed by atoms with E-state index < -0.39 is 0 Å². The Morgan fingerprint density at radius 3 is 1.93 bits per heavy atom. The van der Waals surface area contributed by atoms with Crippen molar-refractivity contribution in [1.29, 1.82) is 0 Å². The van der Waals surface area contributed by atoms with Crippen LogP contribution in [0.4, 0.5) is 22.7 Å². The number of rotatable bonds is 6. The molecule has 0 aromatic heterocycles. The van der Waals surface area contributed by atoms with E-state index in [1.54, 1.807) is 24.3 Å². The summed E-state index contributed by atoms with van der Waals surface area (Å²) in [5.74, 6) is -0.255. The molecule has 3 N–H and O–H groups in total. The zero-order chi connectivity index (χ0) is 19.9. The number of carbonyl (C=O) groups excluding carboxylic acids is 2. The van der Waals surface area contributed by atoms with Gasteiger partial charge in [-0.1, -0.05) is 0 Å². The first kappa shape index (κ1) is 19.7. The van der Waals surface area contributed by atoms with Gasteiger partial charge in [0.1, 0.15) is 0 Å². The van der Waals surface area contributed by atoms with E-state index in [2.05, 4.69) is 44.9 Å². The number of likely N-dealkylation sites (N-methyl/N-ethyl adjacent to an activating group) is 1. The van der Waals surface area contributed by atoms with Gasteiger partial charge in [-0.2, -0.15) is 0 Å². The van der Waals surface area contributed by atoms with Gasteiger partial charge in [-0.15, -0.1) is 0 Å². The van der Waals surface area contributed by atoms with Crippen molar-refractivity contribution in [2.24, 2.45) is 0 Å². The van der Waals surface area contributed by atoms with E-state index >= 15 is 0 Å². The Morgan fingerprint density at radius 1 is 0.821 bits per heavy atom.